The normalized spacial score (nSPS) is 11.4. The van der Waals surface area contributed by atoms with Crippen molar-refractivity contribution >= 4 is 15.6 Å². The molecule has 4 heteroatoms. The van der Waals surface area contributed by atoms with Crippen molar-refractivity contribution < 1.29 is 13.2 Å². The molecule has 3 nitrogen and oxygen atoms in total. The van der Waals surface area contributed by atoms with E-state index in [4.69, 9.17) is 0 Å². The molecule has 0 aliphatic rings. The average Bonchev–Trinajstić information content (AvgIpc) is 2.30. The average molecular weight is 254 g/mol. The zero-order valence-electron chi connectivity index (χ0n) is 10.1. The van der Waals surface area contributed by atoms with Crippen LogP contribution in [0.2, 0.25) is 0 Å². The van der Waals surface area contributed by atoms with Gasteiger partial charge in [0.05, 0.1) is 5.75 Å². The van der Waals surface area contributed by atoms with Crippen LogP contribution in [-0.4, -0.2) is 25.7 Å². The van der Waals surface area contributed by atoms with E-state index in [0.717, 1.165) is 5.56 Å². The Morgan fingerprint density at radius 3 is 2.41 bits per heavy atom. The van der Waals surface area contributed by atoms with Crippen LogP contribution in [0.25, 0.3) is 0 Å². The molecule has 1 aromatic carbocycles. The Balaban J connectivity index is 2.32. The van der Waals surface area contributed by atoms with Crippen molar-refractivity contribution in [2.24, 2.45) is 0 Å². The Morgan fingerprint density at radius 2 is 1.82 bits per heavy atom. The maximum Gasteiger partial charge on any atom is 0.150 e. The molecule has 17 heavy (non-hydrogen) atoms. The number of sulfone groups is 1. The van der Waals surface area contributed by atoms with Crippen molar-refractivity contribution in [2.75, 3.05) is 11.5 Å². The molecule has 94 valence electrons. The zero-order valence-corrected chi connectivity index (χ0v) is 10.9. The van der Waals surface area contributed by atoms with E-state index in [1.807, 2.05) is 30.3 Å². The van der Waals surface area contributed by atoms with Gasteiger partial charge in [-0.2, -0.15) is 0 Å². The van der Waals surface area contributed by atoms with Gasteiger partial charge in [0.1, 0.15) is 15.6 Å². The van der Waals surface area contributed by atoms with Crippen molar-refractivity contribution in [3.05, 3.63) is 35.9 Å². The molecular formula is C13H18O3S. The minimum atomic E-state index is -2.94. The lowest BCUT2D eigenvalue weighted by Crippen LogP contribution is -2.11. The van der Waals surface area contributed by atoms with Crippen molar-refractivity contribution in [1.82, 2.24) is 0 Å². The number of carbonyl (C=O) groups excluding carboxylic acids is 1. The molecular weight excluding hydrogens is 236 g/mol. The molecule has 0 spiro atoms. The van der Waals surface area contributed by atoms with Gasteiger partial charge in [0.2, 0.25) is 0 Å². The van der Waals surface area contributed by atoms with Gasteiger partial charge in [-0.15, -0.1) is 0 Å². The molecule has 0 aliphatic carbocycles. The first-order chi connectivity index (χ1) is 8.03. The first-order valence-electron chi connectivity index (χ1n) is 5.79. The molecule has 1 aromatic rings. The number of rotatable bonds is 7. The predicted molar refractivity (Wildman–Crippen MR) is 68.7 cm³/mol. The fourth-order valence-corrected chi connectivity index (χ4v) is 2.42. The fourth-order valence-electron chi connectivity index (χ4n) is 1.55. The number of benzene rings is 1. The smallest absolute Gasteiger partial charge is 0.150 e. The van der Waals surface area contributed by atoms with Gasteiger partial charge in [-0.25, -0.2) is 8.42 Å². The summed E-state index contributed by atoms with van der Waals surface area (Å²) in [6.07, 6.45) is 1.17. The van der Waals surface area contributed by atoms with Gasteiger partial charge < -0.3 is 0 Å². The Kier molecular flexibility index (Phi) is 5.35. The molecule has 0 N–H and O–H groups in total. The molecule has 0 amide bonds. The van der Waals surface area contributed by atoms with E-state index in [2.05, 4.69) is 0 Å². The maximum atomic E-state index is 11.6. The van der Waals surface area contributed by atoms with Gasteiger partial charge in [0, 0.05) is 18.6 Å². The Bertz CT molecular complexity index is 449. The van der Waals surface area contributed by atoms with Gasteiger partial charge in [-0.3, -0.25) is 4.79 Å². The van der Waals surface area contributed by atoms with E-state index < -0.39 is 9.84 Å². The monoisotopic (exact) mass is 254 g/mol. The van der Waals surface area contributed by atoms with E-state index in [1.54, 1.807) is 6.92 Å². The number of ketones is 1. The summed E-state index contributed by atoms with van der Waals surface area (Å²) in [7, 11) is -2.94. The third kappa shape index (κ3) is 5.63. The molecule has 1 rings (SSSR count). The van der Waals surface area contributed by atoms with Gasteiger partial charge in [0.15, 0.2) is 0 Å². The molecule has 0 unspecified atom stereocenters. The molecule has 0 heterocycles. The first-order valence-corrected chi connectivity index (χ1v) is 7.61. The third-order valence-corrected chi connectivity index (χ3v) is 4.39. The topological polar surface area (TPSA) is 51.2 Å². The highest BCUT2D eigenvalue weighted by atomic mass is 32.2. The van der Waals surface area contributed by atoms with Gasteiger partial charge >= 0.3 is 0 Å². The molecule has 0 fully saturated rings. The lowest BCUT2D eigenvalue weighted by molar-refractivity contribution is -0.118. The van der Waals surface area contributed by atoms with Crippen LogP contribution >= 0.6 is 0 Å². The molecule has 0 radical (unpaired) electrons. The van der Waals surface area contributed by atoms with E-state index in [1.165, 1.54) is 0 Å². The highest BCUT2D eigenvalue weighted by Crippen LogP contribution is 2.04. The minimum Gasteiger partial charge on any atom is -0.299 e. The summed E-state index contributed by atoms with van der Waals surface area (Å²) in [6.45, 7) is 1.63. The lowest BCUT2D eigenvalue weighted by Gasteiger charge is -2.02. The predicted octanol–water partition coefficient (Wildman–Crippen LogP) is 2.01. The third-order valence-electron chi connectivity index (χ3n) is 2.59. The van der Waals surface area contributed by atoms with Crippen LogP contribution in [-0.2, 0) is 21.1 Å². The highest BCUT2D eigenvalue weighted by Gasteiger charge is 2.09. The van der Waals surface area contributed by atoms with Crippen LogP contribution in [0, 0.1) is 0 Å². The molecule has 0 saturated heterocycles. The molecule has 0 bridgehead atoms. The summed E-state index contributed by atoms with van der Waals surface area (Å²) in [4.78, 5) is 11.6. The molecule has 0 atom stereocenters. The van der Waals surface area contributed by atoms with Crippen LogP contribution in [0.4, 0.5) is 0 Å². The maximum absolute atomic E-state index is 11.6. The summed E-state index contributed by atoms with van der Waals surface area (Å²) in [5.74, 6) is 0.367. The van der Waals surface area contributed by atoms with Crippen LogP contribution in [0.3, 0.4) is 0 Å². The fraction of sp³-hybridized carbons (Fsp3) is 0.462. The zero-order chi connectivity index (χ0) is 12.7. The second-order valence-corrected chi connectivity index (χ2v) is 6.51. The van der Waals surface area contributed by atoms with E-state index in [0.29, 0.717) is 19.3 Å². The second-order valence-electron chi connectivity index (χ2n) is 4.04. The van der Waals surface area contributed by atoms with Crippen molar-refractivity contribution in [3.8, 4) is 0 Å². The van der Waals surface area contributed by atoms with Gasteiger partial charge in [-0.1, -0.05) is 37.3 Å². The summed E-state index contributed by atoms with van der Waals surface area (Å²) < 4.78 is 22.5. The number of Topliss-reactive ketones (excluding diaryl/α,β-unsaturated/α-hetero) is 1. The first kappa shape index (κ1) is 13.9. The molecule has 0 aliphatic heterocycles. The summed E-state index contributed by atoms with van der Waals surface area (Å²) in [6, 6.07) is 9.50. The summed E-state index contributed by atoms with van der Waals surface area (Å²) >= 11 is 0. The van der Waals surface area contributed by atoms with E-state index in [-0.39, 0.29) is 17.3 Å². The summed E-state index contributed by atoms with van der Waals surface area (Å²) in [5, 5.41) is 0. The van der Waals surface area contributed by atoms with E-state index >= 15 is 0 Å². The standard InChI is InChI=1S/C13H18O3S/c1-2-17(15,16)10-6-9-13(14)11-12-7-4-3-5-8-12/h3-5,7-8H,2,6,9-11H2,1H3. The SMILES string of the molecule is CCS(=O)(=O)CCCC(=O)Cc1ccccc1. The number of carbonyl (C=O) groups is 1. The highest BCUT2D eigenvalue weighted by molar-refractivity contribution is 7.91. The summed E-state index contributed by atoms with van der Waals surface area (Å²) in [5.41, 5.74) is 0.982. The van der Waals surface area contributed by atoms with Gasteiger partial charge in [-0.05, 0) is 12.0 Å². The van der Waals surface area contributed by atoms with Crippen molar-refractivity contribution in [2.45, 2.75) is 26.2 Å². The van der Waals surface area contributed by atoms with Crippen molar-refractivity contribution in [1.29, 1.82) is 0 Å². The molecule has 0 aromatic heterocycles. The van der Waals surface area contributed by atoms with Crippen LogP contribution < -0.4 is 0 Å². The molecule has 0 saturated carbocycles. The van der Waals surface area contributed by atoms with E-state index in [9.17, 15) is 13.2 Å². The van der Waals surface area contributed by atoms with Crippen LogP contribution in [0.1, 0.15) is 25.3 Å². The number of hydrogen-bond acceptors (Lipinski definition) is 3. The Hall–Kier alpha value is -1.16. The van der Waals surface area contributed by atoms with Gasteiger partial charge in [0.25, 0.3) is 0 Å². The lowest BCUT2D eigenvalue weighted by atomic mass is 10.1. The van der Waals surface area contributed by atoms with Crippen LogP contribution in [0.15, 0.2) is 30.3 Å². The van der Waals surface area contributed by atoms with Crippen molar-refractivity contribution in [3.63, 3.8) is 0 Å². The Labute approximate surface area is 103 Å². The second kappa shape index (κ2) is 6.55. The Morgan fingerprint density at radius 1 is 1.18 bits per heavy atom. The largest absolute Gasteiger partial charge is 0.299 e. The number of hydrogen-bond donors (Lipinski definition) is 0. The quantitative estimate of drug-likeness (QED) is 0.748. The van der Waals surface area contributed by atoms with Crippen LogP contribution in [0.5, 0.6) is 0 Å². The minimum absolute atomic E-state index is 0.0995.